The molecule has 0 aliphatic rings. The molecular formula is C7H4BrClF2IN. The molecule has 0 saturated carbocycles. The van der Waals surface area contributed by atoms with Gasteiger partial charge in [0.2, 0.25) is 0 Å². The molecule has 0 aliphatic carbocycles. The van der Waals surface area contributed by atoms with Crippen LogP contribution in [0.1, 0.15) is 17.6 Å². The molecule has 1 nitrogen and oxygen atoms in total. The Bertz CT molecular complexity index is 322. The summed E-state index contributed by atoms with van der Waals surface area (Å²) in [6.45, 7) is 0. The summed E-state index contributed by atoms with van der Waals surface area (Å²) in [5.74, 6) is 0.0543. The maximum Gasteiger partial charge on any atom is 0.266 e. The van der Waals surface area contributed by atoms with E-state index in [2.05, 4.69) is 20.9 Å². The molecule has 6 heteroatoms. The molecule has 1 aromatic rings. The molecule has 0 fully saturated rings. The number of hydrogen-bond acceptors (Lipinski definition) is 1. The van der Waals surface area contributed by atoms with Gasteiger partial charge in [-0.05, 0) is 44.1 Å². The first-order valence-electron chi connectivity index (χ1n) is 3.24. The predicted octanol–water partition coefficient (Wildman–Crippen LogP) is 4.13. The molecule has 0 aliphatic heterocycles. The van der Waals surface area contributed by atoms with E-state index in [-0.39, 0.29) is 11.4 Å². The van der Waals surface area contributed by atoms with Crippen LogP contribution in [0.3, 0.4) is 0 Å². The topological polar surface area (TPSA) is 12.9 Å². The van der Waals surface area contributed by atoms with Gasteiger partial charge in [-0.25, -0.2) is 13.8 Å². The largest absolute Gasteiger partial charge is 0.266 e. The summed E-state index contributed by atoms with van der Waals surface area (Å²) in [6.07, 6.45) is -1.06. The fourth-order valence-electron chi connectivity index (χ4n) is 0.872. The van der Waals surface area contributed by atoms with Crippen LogP contribution in [0.5, 0.6) is 0 Å². The van der Waals surface area contributed by atoms with E-state index in [4.69, 9.17) is 11.6 Å². The van der Waals surface area contributed by atoms with Crippen molar-refractivity contribution < 1.29 is 8.78 Å². The van der Waals surface area contributed by atoms with Crippen molar-refractivity contribution in [1.29, 1.82) is 0 Å². The smallest absolute Gasteiger partial charge is 0.249 e. The normalized spacial score (nSPS) is 10.9. The molecular weight excluding hydrogens is 378 g/mol. The number of alkyl halides is 3. The predicted molar refractivity (Wildman–Crippen MR) is 59.2 cm³/mol. The van der Waals surface area contributed by atoms with Gasteiger partial charge >= 0.3 is 0 Å². The van der Waals surface area contributed by atoms with Crippen LogP contribution >= 0.6 is 50.1 Å². The zero-order chi connectivity index (χ0) is 10.0. The molecule has 1 aromatic heterocycles. The van der Waals surface area contributed by atoms with Crippen LogP contribution in [-0.4, -0.2) is 4.98 Å². The lowest BCUT2D eigenvalue weighted by molar-refractivity contribution is 0.149. The van der Waals surface area contributed by atoms with Crippen molar-refractivity contribution in [2.24, 2.45) is 0 Å². The Hall–Kier alpha value is 0.510. The lowest BCUT2D eigenvalue weighted by Gasteiger charge is -2.09. The van der Waals surface area contributed by atoms with Crippen LogP contribution in [-0.2, 0) is 5.88 Å². The van der Waals surface area contributed by atoms with Gasteiger partial charge in [0.05, 0.1) is 5.56 Å². The number of nitrogens with zero attached hydrogens (tertiary/aromatic N) is 1. The van der Waals surface area contributed by atoms with Gasteiger partial charge in [0, 0.05) is 16.5 Å². The van der Waals surface area contributed by atoms with Crippen molar-refractivity contribution in [1.82, 2.24) is 4.98 Å². The van der Waals surface area contributed by atoms with Crippen molar-refractivity contribution in [3.8, 4) is 0 Å². The Kier molecular flexibility index (Phi) is 4.31. The highest BCUT2D eigenvalue weighted by Crippen LogP contribution is 2.32. The summed E-state index contributed by atoms with van der Waals surface area (Å²) in [5.41, 5.74) is 0.334. The van der Waals surface area contributed by atoms with Gasteiger partial charge in [0.25, 0.3) is 6.43 Å². The fourth-order valence-corrected chi connectivity index (χ4v) is 2.48. The molecule has 13 heavy (non-hydrogen) atoms. The molecule has 0 N–H and O–H groups in total. The quantitative estimate of drug-likeness (QED) is 0.426. The monoisotopic (exact) mass is 381 g/mol. The highest BCUT2D eigenvalue weighted by molar-refractivity contribution is 14.1. The van der Waals surface area contributed by atoms with E-state index in [1.165, 1.54) is 6.20 Å². The Balaban J connectivity index is 3.35. The molecule has 0 atom stereocenters. The van der Waals surface area contributed by atoms with Crippen LogP contribution in [0.25, 0.3) is 0 Å². The number of halogens is 5. The molecule has 0 saturated heterocycles. The molecule has 72 valence electrons. The Labute approximate surface area is 101 Å². The van der Waals surface area contributed by atoms with Crippen LogP contribution < -0.4 is 0 Å². The number of rotatable bonds is 2. The third-order valence-electron chi connectivity index (χ3n) is 1.48. The van der Waals surface area contributed by atoms with E-state index in [1.807, 2.05) is 0 Å². The molecule has 0 amide bonds. The van der Waals surface area contributed by atoms with Crippen LogP contribution in [0.4, 0.5) is 8.78 Å². The second kappa shape index (κ2) is 4.84. The van der Waals surface area contributed by atoms with Crippen molar-refractivity contribution >= 4 is 50.1 Å². The summed E-state index contributed by atoms with van der Waals surface area (Å²) >= 11 is 10.5. The first-order chi connectivity index (χ1) is 6.07. The molecule has 0 bridgehead atoms. The molecule has 0 unspecified atom stereocenters. The maximum atomic E-state index is 12.5. The van der Waals surface area contributed by atoms with Crippen LogP contribution in [0, 0.1) is 3.70 Å². The Morgan fingerprint density at radius 2 is 2.23 bits per heavy atom. The summed E-state index contributed by atoms with van der Waals surface area (Å²) in [6, 6.07) is 0. The zero-order valence-corrected chi connectivity index (χ0v) is 10.7. The average Bonchev–Trinajstić information content (AvgIpc) is 2.07. The van der Waals surface area contributed by atoms with Gasteiger partial charge in [-0.15, -0.1) is 11.6 Å². The highest BCUT2D eigenvalue weighted by atomic mass is 127. The lowest BCUT2D eigenvalue weighted by atomic mass is 10.2. The fraction of sp³-hybridized carbons (Fsp3) is 0.286. The summed E-state index contributed by atoms with van der Waals surface area (Å²) < 4.78 is 25.9. The van der Waals surface area contributed by atoms with Crippen molar-refractivity contribution in [2.45, 2.75) is 12.3 Å². The molecule has 0 spiro atoms. The second-order valence-corrected chi connectivity index (χ2v) is 4.37. The van der Waals surface area contributed by atoms with Crippen molar-refractivity contribution in [3.05, 3.63) is 25.5 Å². The van der Waals surface area contributed by atoms with E-state index in [0.717, 1.165) is 0 Å². The van der Waals surface area contributed by atoms with E-state index in [0.29, 0.717) is 13.7 Å². The minimum atomic E-state index is -2.54. The van der Waals surface area contributed by atoms with Gasteiger partial charge in [0.15, 0.2) is 0 Å². The van der Waals surface area contributed by atoms with E-state index < -0.39 is 6.43 Å². The minimum Gasteiger partial charge on any atom is -0.249 e. The summed E-state index contributed by atoms with van der Waals surface area (Å²) in [5, 5.41) is 0. The Morgan fingerprint density at radius 1 is 1.62 bits per heavy atom. The third kappa shape index (κ3) is 2.50. The summed E-state index contributed by atoms with van der Waals surface area (Å²) in [7, 11) is 0. The van der Waals surface area contributed by atoms with E-state index >= 15 is 0 Å². The second-order valence-electron chi connectivity index (χ2n) is 2.22. The zero-order valence-electron chi connectivity index (χ0n) is 6.20. The van der Waals surface area contributed by atoms with E-state index in [1.54, 1.807) is 22.6 Å². The summed E-state index contributed by atoms with van der Waals surface area (Å²) in [4.78, 5) is 3.81. The molecule has 1 rings (SSSR count). The molecule has 0 aromatic carbocycles. The van der Waals surface area contributed by atoms with Crippen LogP contribution in [0.15, 0.2) is 10.7 Å². The molecule has 0 radical (unpaired) electrons. The first-order valence-corrected chi connectivity index (χ1v) is 5.65. The standard InChI is InChI=1S/C7H4BrClF2IN/c8-4-2-13-7(12)5(6(10)11)3(4)1-9/h2,6H,1H2. The van der Waals surface area contributed by atoms with Crippen molar-refractivity contribution in [3.63, 3.8) is 0 Å². The highest BCUT2D eigenvalue weighted by Gasteiger charge is 2.19. The van der Waals surface area contributed by atoms with Crippen molar-refractivity contribution in [2.75, 3.05) is 0 Å². The van der Waals surface area contributed by atoms with Gasteiger partial charge in [0.1, 0.15) is 3.70 Å². The van der Waals surface area contributed by atoms with Gasteiger partial charge in [-0.3, -0.25) is 0 Å². The first kappa shape index (κ1) is 11.6. The number of aromatic nitrogens is 1. The van der Waals surface area contributed by atoms with Gasteiger partial charge in [-0.1, -0.05) is 0 Å². The number of pyridine rings is 1. The van der Waals surface area contributed by atoms with Gasteiger partial charge in [-0.2, -0.15) is 0 Å². The SMILES string of the molecule is FC(F)c1c(I)ncc(Br)c1CCl. The Morgan fingerprint density at radius 3 is 2.62 bits per heavy atom. The van der Waals surface area contributed by atoms with Crippen LogP contribution in [0.2, 0.25) is 0 Å². The maximum absolute atomic E-state index is 12.5. The molecule has 1 heterocycles. The minimum absolute atomic E-state index is 0.0543. The van der Waals surface area contributed by atoms with Gasteiger partial charge < -0.3 is 0 Å². The van der Waals surface area contributed by atoms with E-state index in [9.17, 15) is 8.78 Å². The lowest BCUT2D eigenvalue weighted by Crippen LogP contribution is -1.99. The average molecular weight is 382 g/mol. The number of hydrogen-bond donors (Lipinski definition) is 0. The third-order valence-corrected chi connectivity index (χ3v) is 3.29.